The van der Waals surface area contributed by atoms with Crippen molar-refractivity contribution in [1.29, 1.82) is 0 Å². The fourth-order valence-corrected chi connectivity index (χ4v) is 3.50. The maximum Gasteiger partial charge on any atom is 0.342 e. The molecule has 0 atom stereocenters. The van der Waals surface area contributed by atoms with E-state index < -0.39 is 5.97 Å². The lowest BCUT2D eigenvalue weighted by Crippen LogP contribution is -2.09. The van der Waals surface area contributed by atoms with Gasteiger partial charge in [0.1, 0.15) is 10.6 Å². The lowest BCUT2D eigenvalue weighted by molar-refractivity contribution is 0.0521. The van der Waals surface area contributed by atoms with Crippen molar-refractivity contribution < 1.29 is 9.53 Å². The number of carbonyl (C=O) groups excluding carboxylic acids is 1. The Bertz CT molecular complexity index is 927. The minimum absolute atomic E-state index is 0.312. The molecule has 0 radical (unpaired) electrons. The molecule has 1 heterocycles. The summed E-state index contributed by atoms with van der Waals surface area (Å²) in [6, 6.07) is 16.0. The van der Waals surface area contributed by atoms with Gasteiger partial charge in [-0.3, -0.25) is 0 Å². The van der Waals surface area contributed by atoms with Crippen molar-refractivity contribution in [2.75, 3.05) is 6.61 Å². The Balaban J connectivity index is 2.06. The van der Waals surface area contributed by atoms with Gasteiger partial charge in [0.05, 0.1) is 6.61 Å². The monoisotopic (exact) mass is 364 g/mol. The zero-order valence-electron chi connectivity index (χ0n) is 15.0. The van der Waals surface area contributed by atoms with Crippen molar-refractivity contribution in [2.45, 2.75) is 30.7 Å². The molecule has 0 unspecified atom stereocenters. The molecule has 3 aromatic rings. The van der Waals surface area contributed by atoms with Crippen LogP contribution in [0.15, 0.2) is 64.6 Å². The fourth-order valence-electron chi connectivity index (χ4n) is 2.44. The third-order valence-electron chi connectivity index (χ3n) is 3.83. The summed E-state index contributed by atoms with van der Waals surface area (Å²) in [5, 5.41) is 0.603. The first-order valence-electron chi connectivity index (χ1n) is 8.43. The van der Waals surface area contributed by atoms with Crippen LogP contribution in [0, 0.1) is 13.8 Å². The number of aromatic nitrogens is 2. The van der Waals surface area contributed by atoms with Gasteiger partial charge in [-0.15, -0.1) is 0 Å². The van der Waals surface area contributed by atoms with E-state index in [4.69, 9.17) is 4.74 Å². The highest BCUT2D eigenvalue weighted by atomic mass is 32.2. The van der Waals surface area contributed by atoms with E-state index in [2.05, 4.69) is 28.2 Å². The summed E-state index contributed by atoms with van der Waals surface area (Å²) in [6.07, 6.45) is 1.56. The second-order valence-electron chi connectivity index (χ2n) is 5.87. The van der Waals surface area contributed by atoms with Crippen LogP contribution >= 0.6 is 11.8 Å². The maximum atomic E-state index is 12.3. The number of ether oxygens (including phenoxy) is 1. The standard InChI is InChI=1S/C21H20N2O2S/c1-4-25-21(24)17-13-22-19(16-8-6-5-7-9-16)23-20(17)26-18-12-14(2)10-11-15(18)3/h5-13H,4H2,1-3H3. The van der Waals surface area contributed by atoms with E-state index in [9.17, 15) is 4.79 Å². The maximum absolute atomic E-state index is 12.3. The number of aryl methyl sites for hydroxylation is 2. The highest BCUT2D eigenvalue weighted by Crippen LogP contribution is 2.33. The van der Waals surface area contributed by atoms with E-state index in [0.717, 1.165) is 21.6 Å². The molecule has 0 fully saturated rings. The quantitative estimate of drug-likeness (QED) is 0.466. The van der Waals surface area contributed by atoms with E-state index in [-0.39, 0.29) is 0 Å². The average molecular weight is 364 g/mol. The number of hydrogen-bond acceptors (Lipinski definition) is 5. The number of hydrogen-bond donors (Lipinski definition) is 0. The molecule has 0 spiro atoms. The SMILES string of the molecule is CCOC(=O)c1cnc(-c2ccccc2)nc1Sc1cc(C)ccc1C. The van der Waals surface area contributed by atoms with Gasteiger partial charge in [-0.1, -0.05) is 54.2 Å². The highest BCUT2D eigenvalue weighted by molar-refractivity contribution is 7.99. The van der Waals surface area contributed by atoms with Crippen molar-refractivity contribution in [3.8, 4) is 11.4 Å². The summed E-state index contributed by atoms with van der Waals surface area (Å²) in [7, 11) is 0. The van der Waals surface area contributed by atoms with Crippen LogP contribution in [0.3, 0.4) is 0 Å². The summed E-state index contributed by atoms with van der Waals surface area (Å²) >= 11 is 1.47. The van der Waals surface area contributed by atoms with Crippen LogP contribution in [-0.4, -0.2) is 22.5 Å². The number of rotatable bonds is 5. The molecule has 0 aliphatic carbocycles. The van der Waals surface area contributed by atoms with Crippen LogP contribution < -0.4 is 0 Å². The van der Waals surface area contributed by atoms with Crippen molar-refractivity contribution in [2.24, 2.45) is 0 Å². The van der Waals surface area contributed by atoms with Crippen LogP contribution in [-0.2, 0) is 4.74 Å². The third-order valence-corrected chi connectivity index (χ3v) is 5.00. The molecule has 1 aromatic heterocycles. The zero-order valence-corrected chi connectivity index (χ0v) is 15.8. The average Bonchev–Trinajstić information content (AvgIpc) is 2.65. The molecule has 4 nitrogen and oxygen atoms in total. The Morgan fingerprint density at radius 1 is 1.12 bits per heavy atom. The number of benzene rings is 2. The summed E-state index contributed by atoms with van der Waals surface area (Å²) in [6.45, 7) is 6.19. The lowest BCUT2D eigenvalue weighted by atomic mass is 10.2. The van der Waals surface area contributed by atoms with Crippen molar-refractivity contribution in [3.63, 3.8) is 0 Å². The lowest BCUT2D eigenvalue weighted by Gasteiger charge is -2.11. The van der Waals surface area contributed by atoms with Crippen LogP contribution in [0.25, 0.3) is 11.4 Å². The third kappa shape index (κ3) is 4.11. The van der Waals surface area contributed by atoms with E-state index >= 15 is 0 Å². The van der Waals surface area contributed by atoms with Crippen LogP contribution in [0.2, 0.25) is 0 Å². The van der Waals surface area contributed by atoms with Crippen LogP contribution in [0.5, 0.6) is 0 Å². The summed E-state index contributed by atoms with van der Waals surface area (Å²) < 4.78 is 5.17. The summed E-state index contributed by atoms with van der Waals surface area (Å²) in [5.74, 6) is 0.186. The van der Waals surface area contributed by atoms with Gasteiger partial charge in [0.25, 0.3) is 0 Å². The van der Waals surface area contributed by atoms with E-state index in [0.29, 0.717) is 23.0 Å². The summed E-state index contributed by atoms with van der Waals surface area (Å²) in [5.41, 5.74) is 3.59. The molecule has 0 saturated carbocycles. The normalized spacial score (nSPS) is 10.6. The van der Waals surface area contributed by atoms with Gasteiger partial charge in [-0.25, -0.2) is 14.8 Å². The molecule has 0 amide bonds. The molecule has 26 heavy (non-hydrogen) atoms. The molecule has 0 saturated heterocycles. The smallest absolute Gasteiger partial charge is 0.342 e. The Labute approximate surface area is 157 Å². The van der Waals surface area contributed by atoms with Gasteiger partial charge in [0.2, 0.25) is 0 Å². The minimum Gasteiger partial charge on any atom is -0.462 e. The second kappa shape index (κ2) is 8.15. The molecule has 132 valence electrons. The van der Waals surface area contributed by atoms with Gasteiger partial charge < -0.3 is 4.74 Å². The highest BCUT2D eigenvalue weighted by Gasteiger charge is 2.18. The van der Waals surface area contributed by atoms with E-state index in [1.807, 2.05) is 44.2 Å². The molecule has 2 aromatic carbocycles. The molecular formula is C21H20N2O2S. The van der Waals surface area contributed by atoms with E-state index in [1.54, 1.807) is 13.1 Å². The zero-order chi connectivity index (χ0) is 18.5. The van der Waals surface area contributed by atoms with Gasteiger partial charge in [-0.05, 0) is 38.0 Å². The predicted octanol–water partition coefficient (Wildman–Crippen LogP) is 5.09. The van der Waals surface area contributed by atoms with Crippen LogP contribution in [0.4, 0.5) is 0 Å². The van der Waals surface area contributed by atoms with Gasteiger partial charge in [0, 0.05) is 16.7 Å². The number of carbonyl (C=O) groups is 1. The fraction of sp³-hybridized carbons (Fsp3) is 0.190. The molecular weight excluding hydrogens is 344 g/mol. The molecule has 0 N–H and O–H groups in total. The van der Waals surface area contributed by atoms with Gasteiger partial charge in [0.15, 0.2) is 5.82 Å². The Hall–Kier alpha value is -2.66. The largest absolute Gasteiger partial charge is 0.462 e. The Morgan fingerprint density at radius 2 is 1.88 bits per heavy atom. The van der Waals surface area contributed by atoms with Crippen molar-refractivity contribution in [1.82, 2.24) is 9.97 Å². The Morgan fingerprint density at radius 3 is 2.62 bits per heavy atom. The van der Waals surface area contributed by atoms with Crippen LogP contribution in [0.1, 0.15) is 28.4 Å². The van der Waals surface area contributed by atoms with Crippen molar-refractivity contribution in [3.05, 3.63) is 71.4 Å². The number of esters is 1. The van der Waals surface area contributed by atoms with Gasteiger partial charge >= 0.3 is 5.97 Å². The molecule has 0 aliphatic rings. The Kier molecular flexibility index (Phi) is 5.68. The summed E-state index contributed by atoms with van der Waals surface area (Å²) in [4.78, 5) is 22.4. The minimum atomic E-state index is -0.403. The topological polar surface area (TPSA) is 52.1 Å². The predicted molar refractivity (Wildman–Crippen MR) is 103 cm³/mol. The molecule has 5 heteroatoms. The van der Waals surface area contributed by atoms with E-state index in [1.165, 1.54) is 11.8 Å². The molecule has 0 aliphatic heterocycles. The molecule has 3 rings (SSSR count). The first-order chi connectivity index (χ1) is 12.6. The second-order valence-corrected chi connectivity index (χ2v) is 6.90. The first-order valence-corrected chi connectivity index (χ1v) is 9.25. The van der Waals surface area contributed by atoms with Crippen molar-refractivity contribution >= 4 is 17.7 Å². The molecule has 0 bridgehead atoms. The first kappa shape index (κ1) is 18.1. The van der Waals surface area contributed by atoms with Gasteiger partial charge in [-0.2, -0.15) is 0 Å². The number of nitrogens with zero attached hydrogens (tertiary/aromatic N) is 2.